The van der Waals surface area contributed by atoms with Crippen molar-refractivity contribution in [1.29, 1.82) is 0 Å². The Bertz CT molecular complexity index is 1130. The number of esters is 1. The lowest BCUT2D eigenvalue weighted by Gasteiger charge is -2.06. The van der Waals surface area contributed by atoms with E-state index in [4.69, 9.17) is 16.3 Å². The minimum atomic E-state index is -0.874. The maximum atomic E-state index is 12.9. The summed E-state index contributed by atoms with van der Waals surface area (Å²) in [5.74, 6) is -0.469. The van der Waals surface area contributed by atoms with Crippen LogP contribution in [0.2, 0.25) is 5.02 Å². The van der Waals surface area contributed by atoms with Crippen molar-refractivity contribution in [1.82, 2.24) is 0 Å². The fourth-order valence-corrected chi connectivity index (χ4v) is 3.04. The van der Waals surface area contributed by atoms with Crippen molar-refractivity contribution >= 4 is 41.2 Å². The summed E-state index contributed by atoms with van der Waals surface area (Å²) in [6.45, 7) is 0. The van der Waals surface area contributed by atoms with Crippen LogP contribution in [0.1, 0.15) is 21.5 Å². The van der Waals surface area contributed by atoms with E-state index in [9.17, 15) is 9.59 Å². The van der Waals surface area contributed by atoms with Crippen molar-refractivity contribution < 1.29 is 14.3 Å². The van der Waals surface area contributed by atoms with Gasteiger partial charge in [0.2, 0.25) is 5.90 Å². The van der Waals surface area contributed by atoms with Crippen LogP contribution in [0.5, 0.6) is 0 Å². The minimum absolute atomic E-state index is 0.206. The second-order valence-electron chi connectivity index (χ2n) is 6.30. The lowest BCUT2D eigenvalue weighted by Crippen LogP contribution is -2.16. The van der Waals surface area contributed by atoms with Crippen LogP contribution in [0, 0.1) is 0 Å². The number of halogens is 1. The van der Waals surface area contributed by atoms with Crippen LogP contribution in [-0.2, 0) is 9.53 Å². The summed E-state index contributed by atoms with van der Waals surface area (Å²) in [7, 11) is 0. The van der Waals surface area contributed by atoms with Crippen molar-refractivity contribution in [3.63, 3.8) is 0 Å². The number of aliphatic imine (C=N–C) groups is 2. The summed E-state index contributed by atoms with van der Waals surface area (Å²) in [5, 5.41) is 0.424. The zero-order chi connectivity index (χ0) is 20.2. The smallest absolute Gasteiger partial charge is 0.343 e. The summed E-state index contributed by atoms with van der Waals surface area (Å²) in [4.78, 5) is 33.7. The van der Waals surface area contributed by atoms with E-state index in [-0.39, 0.29) is 11.7 Å². The van der Waals surface area contributed by atoms with Gasteiger partial charge in [-0.2, -0.15) is 0 Å². The standard InChI is InChI=1S/C23H15ClN2O3/c24-17-11-12-19(18(13-17)21(27)15-7-3-1-4-8-15)25-14-20-23(28)29-22(26-20)16-9-5-2-6-10-16/h1-14,20H. The van der Waals surface area contributed by atoms with Crippen molar-refractivity contribution in [2.75, 3.05) is 0 Å². The molecule has 4 rings (SSSR count). The van der Waals surface area contributed by atoms with Crippen LogP contribution < -0.4 is 0 Å². The van der Waals surface area contributed by atoms with Gasteiger partial charge in [0, 0.05) is 27.9 Å². The van der Waals surface area contributed by atoms with Crippen LogP contribution in [0.25, 0.3) is 0 Å². The molecule has 0 aromatic heterocycles. The second-order valence-corrected chi connectivity index (χ2v) is 6.74. The van der Waals surface area contributed by atoms with E-state index in [1.54, 1.807) is 42.5 Å². The van der Waals surface area contributed by atoms with Gasteiger partial charge < -0.3 is 4.74 Å². The molecule has 0 saturated heterocycles. The van der Waals surface area contributed by atoms with Crippen LogP contribution >= 0.6 is 11.6 Å². The molecule has 0 aliphatic carbocycles. The lowest BCUT2D eigenvalue weighted by molar-refractivity contribution is -0.133. The van der Waals surface area contributed by atoms with Crippen molar-refractivity contribution in [3.05, 3.63) is 101 Å². The Morgan fingerprint density at radius 1 is 1.00 bits per heavy atom. The molecule has 0 spiro atoms. The summed E-state index contributed by atoms with van der Waals surface area (Å²) < 4.78 is 5.25. The number of ketones is 1. The van der Waals surface area contributed by atoms with Gasteiger partial charge in [0.05, 0.1) is 5.69 Å². The quantitative estimate of drug-likeness (QED) is 0.354. The third-order valence-corrected chi connectivity index (χ3v) is 4.54. The van der Waals surface area contributed by atoms with Crippen LogP contribution in [0.3, 0.4) is 0 Å². The molecular formula is C23H15ClN2O3. The Morgan fingerprint density at radius 2 is 1.69 bits per heavy atom. The van der Waals surface area contributed by atoms with E-state index < -0.39 is 12.0 Å². The Morgan fingerprint density at radius 3 is 2.41 bits per heavy atom. The molecule has 1 heterocycles. The third kappa shape index (κ3) is 4.15. The van der Waals surface area contributed by atoms with Gasteiger partial charge in [-0.05, 0) is 30.3 Å². The first-order valence-corrected chi connectivity index (χ1v) is 9.28. The van der Waals surface area contributed by atoms with Gasteiger partial charge in [-0.15, -0.1) is 0 Å². The molecule has 142 valence electrons. The molecule has 1 aliphatic heterocycles. The highest BCUT2D eigenvalue weighted by atomic mass is 35.5. The highest BCUT2D eigenvalue weighted by Gasteiger charge is 2.28. The largest absolute Gasteiger partial charge is 0.405 e. The van der Waals surface area contributed by atoms with Gasteiger partial charge in [0.1, 0.15) is 0 Å². The maximum absolute atomic E-state index is 12.9. The number of hydrogen-bond acceptors (Lipinski definition) is 5. The molecule has 0 saturated carbocycles. The molecule has 0 fully saturated rings. The zero-order valence-corrected chi connectivity index (χ0v) is 15.9. The number of benzene rings is 3. The maximum Gasteiger partial charge on any atom is 0.343 e. The molecule has 29 heavy (non-hydrogen) atoms. The van der Waals surface area contributed by atoms with E-state index in [1.165, 1.54) is 6.21 Å². The number of hydrogen-bond donors (Lipinski definition) is 0. The Labute approximate surface area is 172 Å². The summed E-state index contributed by atoms with van der Waals surface area (Å²) in [6, 6.07) is 22.0. The molecule has 0 bridgehead atoms. The minimum Gasteiger partial charge on any atom is -0.405 e. The number of ether oxygens (including phenoxy) is 1. The predicted molar refractivity (Wildman–Crippen MR) is 112 cm³/mol. The zero-order valence-electron chi connectivity index (χ0n) is 15.2. The van der Waals surface area contributed by atoms with Gasteiger partial charge in [-0.25, -0.2) is 9.79 Å². The van der Waals surface area contributed by atoms with Crippen molar-refractivity contribution in [3.8, 4) is 0 Å². The van der Waals surface area contributed by atoms with Gasteiger partial charge in [-0.1, -0.05) is 60.1 Å². The monoisotopic (exact) mass is 402 g/mol. The van der Waals surface area contributed by atoms with Gasteiger partial charge in [-0.3, -0.25) is 9.79 Å². The summed E-state index contributed by atoms with van der Waals surface area (Å²) in [6.07, 6.45) is 1.38. The Hall–Kier alpha value is -3.57. The second kappa shape index (κ2) is 8.20. The number of nitrogens with zero attached hydrogens (tertiary/aromatic N) is 2. The predicted octanol–water partition coefficient (Wildman–Crippen LogP) is 4.65. The van der Waals surface area contributed by atoms with E-state index in [0.717, 1.165) is 0 Å². The molecule has 5 nitrogen and oxygen atoms in total. The molecule has 3 aromatic carbocycles. The lowest BCUT2D eigenvalue weighted by atomic mass is 10.0. The third-order valence-electron chi connectivity index (χ3n) is 4.31. The Balaban J connectivity index is 1.63. The van der Waals surface area contributed by atoms with Gasteiger partial charge in [0.15, 0.2) is 11.8 Å². The normalized spacial score (nSPS) is 16.0. The summed E-state index contributed by atoms with van der Waals surface area (Å²) >= 11 is 6.09. The van der Waals surface area contributed by atoms with E-state index in [0.29, 0.717) is 27.4 Å². The van der Waals surface area contributed by atoms with Crippen LogP contribution in [-0.4, -0.2) is 29.9 Å². The molecular weight excluding hydrogens is 388 g/mol. The molecule has 0 radical (unpaired) electrons. The molecule has 1 aliphatic rings. The van der Waals surface area contributed by atoms with E-state index in [2.05, 4.69) is 9.98 Å². The average Bonchev–Trinajstić information content (AvgIpc) is 3.14. The molecule has 1 atom stereocenters. The fourth-order valence-electron chi connectivity index (χ4n) is 2.87. The van der Waals surface area contributed by atoms with Crippen molar-refractivity contribution in [2.24, 2.45) is 9.98 Å². The van der Waals surface area contributed by atoms with E-state index in [1.807, 2.05) is 36.4 Å². The topological polar surface area (TPSA) is 68.1 Å². The molecule has 1 unspecified atom stereocenters. The van der Waals surface area contributed by atoms with E-state index >= 15 is 0 Å². The molecule has 0 N–H and O–H groups in total. The number of carbonyl (C=O) groups excluding carboxylic acids is 2. The first kappa shape index (κ1) is 18.8. The summed E-state index contributed by atoms with van der Waals surface area (Å²) in [5.41, 5.74) is 1.98. The fraction of sp³-hybridized carbons (Fsp3) is 0.0435. The molecule has 0 amide bonds. The first-order chi connectivity index (χ1) is 14.1. The van der Waals surface area contributed by atoms with Gasteiger partial charge >= 0.3 is 5.97 Å². The van der Waals surface area contributed by atoms with Crippen molar-refractivity contribution in [2.45, 2.75) is 6.04 Å². The SMILES string of the molecule is O=C(c1ccccc1)c1cc(Cl)ccc1N=CC1N=C(c2ccccc2)OC1=O. The van der Waals surface area contributed by atoms with Gasteiger partial charge in [0.25, 0.3) is 0 Å². The van der Waals surface area contributed by atoms with Crippen LogP contribution in [0.15, 0.2) is 88.8 Å². The average molecular weight is 403 g/mol. The van der Waals surface area contributed by atoms with Crippen LogP contribution in [0.4, 0.5) is 5.69 Å². The highest BCUT2D eigenvalue weighted by Crippen LogP contribution is 2.26. The number of carbonyl (C=O) groups is 2. The first-order valence-electron chi connectivity index (χ1n) is 8.90. The number of cyclic esters (lactones) is 1. The number of rotatable bonds is 5. The highest BCUT2D eigenvalue weighted by molar-refractivity contribution is 6.31. The molecule has 3 aromatic rings. The Kier molecular flexibility index (Phi) is 5.31. The molecule has 6 heteroatoms.